The minimum absolute atomic E-state index is 0.438. The van der Waals surface area contributed by atoms with Gasteiger partial charge in [-0.05, 0) is 49.9 Å². The Bertz CT molecular complexity index is 466. The Morgan fingerprint density at radius 2 is 2.10 bits per heavy atom. The van der Waals surface area contributed by atoms with Crippen molar-refractivity contribution >= 4 is 0 Å². The fourth-order valence-corrected chi connectivity index (χ4v) is 3.62. The van der Waals surface area contributed by atoms with Crippen molar-refractivity contribution in [3.63, 3.8) is 0 Å². The first kappa shape index (κ1) is 13.9. The van der Waals surface area contributed by atoms with Crippen molar-refractivity contribution in [2.45, 2.75) is 56.6 Å². The van der Waals surface area contributed by atoms with E-state index < -0.39 is 5.60 Å². The van der Waals surface area contributed by atoms with Crippen LogP contribution in [0.4, 0.5) is 0 Å². The third-order valence-electron chi connectivity index (χ3n) is 4.86. The number of hydrogen-bond donors (Lipinski definition) is 2. The first-order valence-electron chi connectivity index (χ1n) is 7.86. The second-order valence-electron chi connectivity index (χ2n) is 6.28. The topological polar surface area (TPSA) is 41.5 Å². The lowest BCUT2D eigenvalue weighted by Crippen LogP contribution is -2.38. The highest BCUT2D eigenvalue weighted by Gasteiger charge is 2.31. The van der Waals surface area contributed by atoms with Crippen LogP contribution in [0.5, 0.6) is 5.75 Å². The summed E-state index contributed by atoms with van der Waals surface area (Å²) in [4.78, 5) is 0. The lowest BCUT2D eigenvalue weighted by molar-refractivity contribution is -0.0340. The second-order valence-corrected chi connectivity index (χ2v) is 6.28. The standard InChI is InChI=1S/C17H25NO2/c1-18-15-9-8-14-13(15)6-5-7-16(14)20-12-17(19)10-3-2-4-11-17/h5-7,15,18-19H,2-4,8-12H2,1H3. The van der Waals surface area contributed by atoms with Gasteiger partial charge in [-0.3, -0.25) is 0 Å². The Hall–Kier alpha value is -1.06. The molecular weight excluding hydrogens is 250 g/mol. The first-order valence-corrected chi connectivity index (χ1v) is 7.86. The number of aliphatic hydroxyl groups is 1. The van der Waals surface area contributed by atoms with Crippen molar-refractivity contribution in [3.05, 3.63) is 29.3 Å². The van der Waals surface area contributed by atoms with Gasteiger partial charge in [-0.2, -0.15) is 0 Å². The smallest absolute Gasteiger partial charge is 0.122 e. The van der Waals surface area contributed by atoms with Crippen molar-refractivity contribution in [2.75, 3.05) is 13.7 Å². The maximum absolute atomic E-state index is 10.5. The van der Waals surface area contributed by atoms with Crippen molar-refractivity contribution in [1.29, 1.82) is 0 Å². The third-order valence-corrected chi connectivity index (χ3v) is 4.86. The molecule has 2 N–H and O–H groups in total. The molecule has 0 amide bonds. The van der Waals surface area contributed by atoms with Gasteiger partial charge in [0.25, 0.3) is 0 Å². The van der Waals surface area contributed by atoms with E-state index >= 15 is 0 Å². The Labute approximate surface area is 121 Å². The Balaban J connectivity index is 1.71. The predicted molar refractivity (Wildman–Crippen MR) is 80.1 cm³/mol. The number of hydrogen-bond acceptors (Lipinski definition) is 3. The quantitative estimate of drug-likeness (QED) is 0.887. The Kier molecular flexibility index (Phi) is 3.99. The molecule has 0 bridgehead atoms. The molecule has 0 aliphatic heterocycles. The van der Waals surface area contributed by atoms with Gasteiger partial charge in [0.1, 0.15) is 12.4 Å². The van der Waals surface area contributed by atoms with E-state index in [4.69, 9.17) is 4.74 Å². The van der Waals surface area contributed by atoms with Crippen LogP contribution in [0.2, 0.25) is 0 Å². The minimum Gasteiger partial charge on any atom is -0.490 e. The Morgan fingerprint density at radius 3 is 2.85 bits per heavy atom. The molecule has 3 nitrogen and oxygen atoms in total. The average molecular weight is 275 g/mol. The maximum Gasteiger partial charge on any atom is 0.122 e. The highest BCUT2D eigenvalue weighted by Crippen LogP contribution is 2.37. The van der Waals surface area contributed by atoms with Crippen LogP contribution in [-0.4, -0.2) is 24.4 Å². The molecule has 110 valence electrons. The number of ether oxygens (including phenoxy) is 1. The molecule has 0 radical (unpaired) electrons. The van der Waals surface area contributed by atoms with E-state index in [0.717, 1.165) is 44.3 Å². The van der Waals surface area contributed by atoms with Crippen molar-refractivity contribution in [2.24, 2.45) is 0 Å². The molecule has 0 aromatic heterocycles. The van der Waals surface area contributed by atoms with Gasteiger partial charge in [0, 0.05) is 6.04 Å². The monoisotopic (exact) mass is 275 g/mol. The summed E-state index contributed by atoms with van der Waals surface area (Å²) in [6.07, 6.45) is 7.43. The first-order chi connectivity index (χ1) is 9.72. The lowest BCUT2D eigenvalue weighted by Gasteiger charge is -2.32. The summed E-state index contributed by atoms with van der Waals surface area (Å²) in [5.74, 6) is 0.972. The van der Waals surface area contributed by atoms with Gasteiger partial charge in [0.05, 0.1) is 5.60 Å². The largest absolute Gasteiger partial charge is 0.490 e. The highest BCUT2D eigenvalue weighted by atomic mass is 16.5. The summed E-state index contributed by atoms with van der Waals surface area (Å²) in [5, 5.41) is 13.9. The number of nitrogens with one attached hydrogen (secondary N) is 1. The summed E-state index contributed by atoms with van der Waals surface area (Å²) in [6.45, 7) is 0.438. The molecule has 2 aliphatic carbocycles. The molecule has 1 aromatic rings. The molecule has 1 fully saturated rings. The molecule has 1 atom stereocenters. The summed E-state index contributed by atoms with van der Waals surface area (Å²) in [7, 11) is 2.01. The number of fused-ring (bicyclic) bond motifs is 1. The summed E-state index contributed by atoms with van der Waals surface area (Å²) >= 11 is 0. The van der Waals surface area contributed by atoms with E-state index in [9.17, 15) is 5.11 Å². The molecule has 0 spiro atoms. The van der Waals surface area contributed by atoms with Gasteiger partial charge < -0.3 is 15.2 Å². The van der Waals surface area contributed by atoms with Gasteiger partial charge >= 0.3 is 0 Å². The van der Waals surface area contributed by atoms with Crippen molar-refractivity contribution in [1.82, 2.24) is 5.32 Å². The molecule has 1 saturated carbocycles. The van der Waals surface area contributed by atoms with Crippen molar-refractivity contribution < 1.29 is 9.84 Å². The fraction of sp³-hybridized carbons (Fsp3) is 0.647. The van der Waals surface area contributed by atoms with E-state index in [1.807, 2.05) is 13.1 Å². The van der Waals surface area contributed by atoms with Gasteiger partial charge in [-0.15, -0.1) is 0 Å². The zero-order chi connectivity index (χ0) is 14.0. The van der Waals surface area contributed by atoms with E-state index in [1.54, 1.807) is 0 Å². The van der Waals surface area contributed by atoms with Crippen LogP contribution < -0.4 is 10.1 Å². The van der Waals surface area contributed by atoms with Crippen LogP contribution in [0.1, 0.15) is 55.7 Å². The molecule has 2 aliphatic rings. The molecular formula is C17H25NO2. The summed E-state index contributed by atoms with van der Waals surface area (Å²) < 4.78 is 6.01. The zero-order valence-corrected chi connectivity index (χ0v) is 12.3. The number of rotatable bonds is 4. The molecule has 20 heavy (non-hydrogen) atoms. The SMILES string of the molecule is CNC1CCc2c(OCC3(O)CCCCC3)cccc21. The van der Waals surface area contributed by atoms with Crippen LogP contribution in [-0.2, 0) is 6.42 Å². The molecule has 0 saturated heterocycles. The van der Waals surface area contributed by atoms with Crippen LogP contribution in [0.3, 0.4) is 0 Å². The van der Waals surface area contributed by atoms with Crippen LogP contribution >= 0.6 is 0 Å². The van der Waals surface area contributed by atoms with E-state index in [-0.39, 0.29) is 0 Å². The molecule has 3 heteroatoms. The molecule has 0 heterocycles. The molecule has 3 rings (SSSR count). The fourth-order valence-electron chi connectivity index (χ4n) is 3.62. The van der Waals surface area contributed by atoms with Crippen LogP contribution in [0.15, 0.2) is 18.2 Å². The lowest BCUT2D eigenvalue weighted by atomic mass is 9.85. The van der Waals surface area contributed by atoms with Gasteiger partial charge in [0.15, 0.2) is 0 Å². The predicted octanol–water partition coefficient (Wildman–Crippen LogP) is 2.97. The minimum atomic E-state index is -0.609. The summed E-state index contributed by atoms with van der Waals surface area (Å²) in [6, 6.07) is 6.75. The molecule has 1 unspecified atom stereocenters. The normalized spacial score (nSPS) is 24.4. The number of benzene rings is 1. The summed E-state index contributed by atoms with van der Waals surface area (Å²) in [5.41, 5.74) is 2.08. The van der Waals surface area contributed by atoms with E-state index in [1.165, 1.54) is 17.5 Å². The van der Waals surface area contributed by atoms with Crippen molar-refractivity contribution in [3.8, 4) is 5.75 Å². The van der Waals surface area contributed by atoms with Crippen LogP contribution in [0, 0.1) is 0 Å². The van der Waals surface area contributed by atoms with Gasteiger partial charge in [-0.1, -0.05) is 31.4 Å². The third kappa shape index (κ3) is 2.70. The van der Waals surface area contributed by atoms with E-state index in [2.05, 4.69) is 17.4 Å². The van der Waals surface area contributed by atoms with Gasteiger partial charge in [0.2, 0.25) is 0 Å². The second kappa shape index (κ2) is 5.74. The average Bonchev–Trinajstić information content (AvgIpc) is 2.89. The van der Waals surface area contributed by atoms with Gasteiger partial charge in [-0.25, -0.2) is 0 Å². The zero-order valence-electron chi connectivity index (χ0n) is 12.3. The molecule has 1 aromatic carbocycles. The maximum atomic E-state index is 10.5. The Morgan fingerprint density at radius 1 is 1.30 bits per heavy atom. The van der Waals surface area contributed by atoms with E-state index in [0.29, 0.717) is 12.6 Å². The van der Waals surface area contributed by atoms with Crippen LogP contribution in [0.25, 0.3) is 0 Å². The highest BCUT2D eigenvalue weighted by molar-refractivity contribution is 5.45.